The van der Waals surface area contributed by atoms with Crippen LogP contribution in [0.4, 0.5) is 5.95 Å². The molecule has 0 radical (unpaired) electrons. The first-order valence-corrected chi connectivity index (χ1v) is 11.3. The van der Waals surface area contributed by atoms with E-state index in [2.05, 4.69) is 37.7 Å². The minimum absolute atomic E-state index is 0.110. The topological polar surface area (TPSA) is 141 Å². The lowest BCUT2D eigenvalue weighted by Gasteiger charge is -2.27. The van der Waals surface area contributed by atoms with Crippen LogP contribution < -0.4 is 10.1 Å². The number of ether oxygens (including phenoxy) is 1. The summed E-state index contributed by atoms with van der Waals surface area (Å²) in [6.07, 6.45) is 7.29. The lowest BCUT2D eigenvalue weighted by atomic mass is 9.87. The van der Waals surface area contributed by atoms with Crippen LogP contribution in [0.5, 0.6) is 5.75 Å². The Labute approximate surface area is 191 Å². The van der Waals surface area contributed by atoms with E-state index >= 15 is 0 Å². The Kier molecular flexibility index (Phi) is 7.16. The van der Waals surface area contributed by atoms with Crippen LogP contribution in [0.1, 0.15) is 57.0 Å². The quantitative estimate of drug-likeness (QED) is 0.468. The second-order valence-electron chi connectivity index (χ2n) is 8.30. The third-order valence-corrected chi connectivity index (χ3v) is 5.83. The third-order valence-electron chi connectivity index (χ3n) is 5.83. The number of hydrogen-bond donors (Lipinski definition) is 2. The van der Waals surface area contributed by atoms with E-state index in [1.54, 1.807) is 10.9 Å². The zero-order valence-electron chi connectivity index (χ0n) is 18.9. The molecule has 0 saturated heterocycles. The Morgan fingerprint density at radius 2 is 2.24 bits per heavy atom. The molecule has 2 N–H and O–H groups in total. The van der Waals surface area contributed by atoms with Gasteiger partial charge in [0.05, 0.1) is 36.2 Å². The third kappa shape index (κ3) is 5.65. The molecule has 0 aromatic carbocycles. The van der Waals surface area contributed by atoms with Crippen molar-refractivity contribution in [2.75, 3.05) is 5.32 Å². The Morgan fingerprint density at radius 1 is 1.36 bits per heavy atom. The number of hydrogen-bond acceptors (Lipinski definition) is 9. The monoisotopic (exact) mass is 455 g/mol. The summed E-state index contributed by atoms with van der Waals surface area (Å²) in [7, 11) is 1.82. The van der Waals surface area contributed by atoms with Crippen molar-refractivity contribution < 1.29 is 19.2 Å². The van der Waals surface area contributed by atoms with Gasteiger partial charge in [-0.3, -0.25) is 9.78 Å². The lowest BCUT2D eigenvalue weighted by Crippen LogP contribution is -2.29. The van der Waals surface area contributed by atoms with E-state index in [1.807, 2.05) is 19.2 Å². The summed E-state index contributed by atoms with van der Waals surface area (Å²) in [5.74, 6) is 0.570. The van der Waals surface area contributed by atoms with Crippen molar-refractivity contribution in [3.63, 3.8) is 0 Å². The van der Waals surface area contributed by atoms with Crippen LogP contribution in [0.25, 0.3) is 11.4 Å². The fourth-order valence-electron chi connectivity index (χ4n) is 3.95. The Bertz CT molecular complexity index is 1060. The maximum absolute atomic E-state index is 11.3. The lowest BCUT2D eigenvalue weighted by molar-refractivity contribution is -0.143. The molecule has 176 valence electrons. The Morgan fingerprint density at radius 3 is 3.00 bits per heavy atom. The normalized spacial score (nSPS) is 18.2. The number of anilines is 1. The number of carboxylic acid groups (broad SMARTS) is 1. The molecule has 1 fully saturated rings. The van der Waals surface area contributed by atoms with Crippen molar-refractivity contribution in [3.05, 3.63) is 29.9 Å². The van der Waals surface area contributed by atoms with Gasteiger partial charge in [0.1, 0.15) is 11.4 Å². The summed E-state index contributed by atoms with van der Waals surface area (Å²) >= 11 is 0. The standard InChI is InChI=1S/C22H29N7O4/c1-3-4-8-19-25-22(27-33-19)24-13-18-20(26-28-29(18)2)17-10-9-16(12-23-17)32-15-7-5-6-14(11-15)21(30)31/h9-10,12,14-15H,3-8,11,13H2,1-2H3,(H,24,27)(H,30,31)/t14-,15-/m0/s1. The number of rotatable bonds is 10. The van der Waals surface area contributed by atoms with Gasteiger partial charge < -0.3 is 19.7 Å². The Hall–Kier alpha value is -3.50. The van der Waals surface area contributed by atoms with E-state index in [0.29, 0.717) is 48.4 Å². The van der Waals surface area contributed by atoms with Crippen molar-refractivity contribution in [1.82, 2.24) is 30.1 Å². The molecule has 33 heavy (non-hydrogen) atoms. The van der Waals surface area contributed by atoms with E-state index in [1.165, 1.54) is 0 Å². The minimum atomic E-state index is -0.751. The highest BCUT2D eigenvalue weighted by atomic mass is 16.5. The molecule has 3 aromatic rings. The molecule has 11 heteroatoms. The number of carboxylic acids is 1. The molecule has 0 bridgehead atoms. The molecule has 3 heterocycles. The molecule has 0 unspecified atom stereocenters. The molecule has 0 spiro atoms. The Balaban J connectivity index is 1.39. The highest BCUT2D eigenvalue weighted by Crippen LogP contribution is 2.29. The van der Waals surface area contributed by atoms with Gasteiger partial charge in [-0.15, -0.1) is 5.10 Å². The average Bonchev–Trinajstić information content (AvgIpc) is 3.43. The molecule has 11 nitrogen and oxygen atoms in total. The number of pyridine rings is 1. The molecule has 0 aliphatic heterocycles. The van der Waals surface area contributed by atoms with Crippen molar-refractivity contribution >= 4 is 11.9 Å². The number of aliphatic carboxylic acids is 1. The molecule has 0 amide bonds. The SMILES string of the molecule is CCCCc1nc(NCc2c(-c3ccc(O[C@H]4CCC[C@H](C(=O)O)C4)cn3)nnn2C)no1. The van der Waals surface area contributed by atoms with Crippen LogP contribution in [0.2, 0.25) is 0 Å². The maximum atomic E-state index is 11.3. The number of unbranched alkanes of at least 4 members (excludes halogenated alkanes) is 1. The van der Waals surface area contributed by atoms with Crippen LogP contribution in [-0.2, 0) is 24.8 Å². The van der Waals surface area contributed by atoms with Crippen molar-refractivity contribution in [2.24, 2.45) is 13.0 Å². The minimum Gasteiger partial charge on any atom is -0.489 e. The van der Waals surface area contributed by atoms with Gasteiger partial charge in [-0.1, -0.05) is 18.6 Å². The van der Waals surface area contributed by atoms with Gasteiger partial charge in [-0.05, 0) is 49.4 Å². The van der Waals surface area contributed by atoms with Crippen molar-refractivity contribution in [2.45, 2.75) is 64.5 Å². The summed E-state index contributed by atoms with van der Waals surface area (Å²) in [6, 6.07) is 3.66. The fourth-order valence-corrected chi connectivity index (χ4v) is 3.95. The summed E-state index contributed by atoms with van der Waals surface area (Å²) in [4.78, 5) is 20.1. The molecule has 3 aromatic heterocycles. The number of aromatic nitrogens is 6. The van der Waals surface area contributed by atoms with E-state index < -0.39 is 5.97 Å². The largest absolute Gasteiger partial charge is 0.489 e. The number of nitrogens with one attached hydrogen (secondary N) is 1. The van der Waals surface area contributed by atoms with Gasteiger partial charge in [0.25, 0.3) is 5.95 Å². The van der Waals surface area contributed by atoms with E-state index in [4.69, 9.17) is 9.26 Å². The number of carbonyl (C=O) groups is 1. The fraction of sp³-hybridized carbons (Fsp3) is 0.545. The van der Waals surface area contributed by atoms with Gasteiger partial charge in [-0.2, -0.15) is 4.98 Å². The van der Waals surface area contributed by atoms with Crippen LogP contribution in [0, 0.1) is 5.92 Å². The predicted molar refractivity (Wildman–Crippen MR) is 118 cm³/mol. The van der Waals surface area contributed by atoms with Gasteiger partial charge in [0.2, 0.25) is 5.89 Å². The summed E-state index contributed by atoms with van der Waals surface area (Å²) < 4.78 is 12.9. The summed E-state index contributed by atoms with van der Waals surface area (Å²) in [6.45, 7) is 2.52. The summed E-state index contributed by atoms with van der Waals surface area (Å²) in [5.41, 5.74) is 2.14. The molecular weight excluding hydrogens is 426 g/mol. The number of nitrogens with zero attached hydrogens (tertiary/aromatic N) is 6. The maximum Gasteiger partial charge on any atom is 0.306 e. The smallest absolute Gasteiger partial charge is 0.306 e. The number of aryl methyl sites for hydroxylation is 2. The van der Waals surface area contributed by atoms with E-state index in [0.717, 1.165) is 37.8 Å². The molecule has 1 aliphatic rings. The van der Waals surface area contributed by atoms with Crippen molar-refractivity contribution in [1.29, 1.82) is 0 Å². The average molecular weight is 456 g/mol. The molecule has 4 rings (SSSR count). The van der Waals surface area contributed by atoms with Gasteiger partial charge >= 0.3 is 5.97 Å². The zero-order chi connectivity index (χ0) is 23.2. The highest BCUT2D eigenvalue weighted by Gasteiger charge is 2.28. The van der Waals surface area contributed by atoms with Crippen molar-refractivity contribution in [3.8, 4) is 17.1 Å². The van der Waals surface area contributed by atoms with E-state index in [-0.39, 0.29) is 12.0 Å². The van der Waals surface area contributed by atoms with Gasteiger partial charge in [0.15, 0.2) is 0 Å². The molecule has 2 atom stereocenters. The van der Waals surface area contributed by atoms with Crippen LogP contribution in [0.3, 0.4) is 0 Å². The first-order valence-electron chi connectivity index (χ1n) is 11.3. The molecule has 1 aliphatic carbocycles. The molecule has 1 saturated carbocycles. The molecular formula is C22H29N7O4. The summed E-state index contributed by atoms with van der Waals surface area (Å²) in [5, 5.41) is 24.8. The first kappa shape index (κ1) is 22.7. The van der Waals surface area contributed by atoms with Gasteiger partial charge in [0, 0.05) is 13.5 Å². The van der Waals surface area contributed by atoms with Gasteiger partial charge in [-0.25, -0.2) is 4.68 Å². The van der Waals surface area contributed by atoms with Crippen LogP contribution >= 0.6 is 0 Å². The zero-order valence-corrected chi connectivity index (χ0v) is 18.9. The predicted octanol–water partition coefficient (Wildman–Crippen LogP) is 3.24. The second-order valence-corrected chi connectivity index (χ2v) is 8.30. The van der Waals surface area contributed by atoms with Crippen LogP contribution in [0.15, 0.2) is 22.9 Å². The second kappa shape index (κ2) is 10.4. The first-order chi connectivity index (χ1) is 16.0. The highest BCUT2D eigenvalue weighted by molar-refractivity contribution is 5.70. The van der Waals surface area contributed by atoms with E-state index in [9.17, 15) is 9.90 Å². The van der Waals surface area contributed by atoms with Crippen LogP contribution in [-0.4, -0.2) is 47.3 Å².